The summed E-state index contributed by atoms with van der Waals surface area (Å²) >= 11 is 6.54. The van der Waals surface area contributed by atoms with Gasteiger partial charge in [0.05, 0.1) is 28.2 Å². The van der Waals surface area contributed by atoms with E-state index in [1.165, 1.54) is 0 Å². The Bertz CT molecular complexity index is 1270. The number of carbonyl (C=O) groups is 1. The fourth-order valence-electron chi connectivity index (χ4n) is 4.07. The van der Waals surface area contributed by atoms with Crippen LogP contribution in [0.4, 0.5) is 11.6 Å². The fourth-order valence-corrected chi connectivity index (χ4v) is 4.30. The molecular weight excluding hydrogens is 426 g/mol. The van der Waals surface area contributed by atoms with Crippen molar-refractivity contribution in [3.8, 4) is 11.3 Å². The summed E-state index contributed by atoms with van der Waals surface area (Å²) in [5.74, 6) is 0.649. The van der Waals surface area contributed by atoms with E-state index in [4.69, 9.17) is 22.4 Å². The molecule has 0 saturated carbocycles. The number of piperidine rings is 1. The first kappa shape index (κ1) is 20.4. The minimum atomic E-state index is -0.233. The lowest BCUT2D eigenvalue weighted by molar-refractivity contribution is 0.102. The van der Waals surface area contributed by atoms with Gasteiger partial charge in [0.15, 0.2) is 0 Å². The van der Waals surface area contributed by atoms with E-state index in [-0.39, 0.29) is 11.9 Å². The number of halogens is 1. The Morgan fingerprint density at radius 3 is 2.75 bits per heavy atom. The number of carbonyl (C=O) groups excluding carboxylic acids is 1. The van der Waals surface area contributed by atoms with Crippen LogP contribution in [0.3, 0.4) is 0 Å². The summed E-state index contributed by atoms with van der Waals surface area (Å²) in [6.07, 6.45) is 5.28. The van der Waals surface area contributed by atoms with E-state index in [0.717, 1.165) is 42.4 Å². The summed E-state index contributed by atoms with van der Waals surface area (Å²) in [4.78, 5) is 20.9. The molecule has 3 aromatic heterocycles. The maximum atomic E-state index is 12.6. The lowest BCUT2D eigenvalue weighted by atomic mass is 10.1. The number of nitrogen functional groups attached to an aromatic ring is 1. The van der Waals surface area contributed by atoms with Gasteiger partial charge in [-0.2, -0.15) is 5.10 Å². The van der Waals surface area contributed by atoms with Crippen LogP contribution in [0, 0.1) is 0 Å². The first-order valence-corrected chi connectivity index (χ1v) is 10.9. The molecule has 4 heterocycles. The van der Waals surface area contributed by atoms with Crippen LogP contribution in [-0.2, 0) is 0 Å². The molecule has 4 N–H and O–H groups in total. The molecule has 1 saturated heterocycles. The molecule has 5 rings (SSSR count). The molecule has 1 amide bonds. The van der Waals surface area contributed by atoms with Crippen LogP contribution in [0.1, 0.15) is 29.2 Å². The van der Waals surface area contributed by atoms with Crippen LogP contribution in [0.15, 0.2) is 54.9 Å². The molecule has 1 atom stereocenters. The van der Waals surface area contributed by atoms with Crippen molar-refractivity contribution in [3.63, 3.8) is 0 Å². The lowest BCUT2D eigenvalue weighted by Gasteiger charge is -2.24. The van der Waals surface area contributed by atoms with E-state index < -0.39 is 0 Å². The molecule has 0 spiro atoms. The summed E-state index contributed by atoms with van der Waals surface area (Å²) < 4.78 is 1.97. The molecule has 0 bridgehead atoms. The number of nitrogens with two attached hydrogens (primary N) is 1. The zero-order valence-corrected chi connectivity index (χ0v) is 18.0. The normalized spacial score (nSPS) is 16.2. The molecule has 1 aliphatic heterocycles. The topological polar surface area (TPSA) is 111 Å². The van der Waals surface area contributed by atoms with E-state index in [1.54, 1.807) is 36.7 Å². The Labute approximate surface area is 189 Å². The molecule has 1 aromatic carbocycles. The van der Waals surface area contributed by atoms with Crippen molar-refractivity contribution in [3.05, 3.63) is 65.4 Å². The smallest absolute Gasteiger partial charge is 0.256 e. The van der Waals surface area contributed by atoms with Crippen LogP contribution in [0.5, 0.6) is 0 Å². The van der Waals surface area contributed by atoms with Crippen LogP contribution < -0.4 is 16.4 Å². The summed E-state index contributed by atoms with van der Waals surface area (Å²) in [6.45, 7) is 1.82. The Balaban J connectivity index is 1.52. The van der Waals surface area contributed by atoms with Crippen molar-refractivity contribution >= 4 is 40.0 Å². The van der Waals surface area contributed by atoms with Gasteiger partial charge in [0, 0.05) is 23.9 Å². The second kappa shape index (κ2) is 8.57. The minimum Gasteiger partial charge on any atom is -0.383 e. The summed E-state index contributed by atoms with van der Waals surface area (Å²) in [5.41, 5.74) is 9.11. The zero-order chi connectivity index (χ0) is 22.1. The quantitative estimate of drug-likeness (QED) is 0.437. The average molecular weight is 448 g/mol. The van der Waals surface area contributed by atoms with Crippen molar-refractivity contribution < 1.29 is 4.79 Å². The maximum Gasteiger partial charge on any atom is 0.256 e. The second-order valence-electron chi connectivity index (χ2n) is 7.75. The van der Waals surface area contributed by atoms with Crippen molar-refractivity contribution in [2.75, 3.05) is 24.1 Å². The third kappa shape index (κ3) is 3.79. The van der Waals surface area contributed by atoms with Gasteiger partial charge < -0.3 is 16.4 Å². The van der Waals surface area contributed by atoms with Crippen LogP contribution in [0.2, 0.25) is 5.02 Å². The second-order valence-corrected chi connectivity index (χ2v) is 8.16. The number of amides is 1. The Morgan fingerprint density at radius 1 is 1.19 bits per heavy atom. The highest BCUT2D eigenvalue weighted by atomic mass is 35.5. The fraction of sp³-hybridized carbons (Fsp3) is 0.217. The van der Waals surface area contributed by atoms with Crippen molar-refractivity contribution in [2.45, 2.75) is 18.9 Å². The number of anilines is 2. The molecule has 32 heavy (non-hydrogen) atoms. The van der Waals surface area contributed by atoms with E-state index in [1.807, 2.05) is 22.9 Å². The van der Waals surface area contributed by atoms with E-state index in [0.29, 0.717) is 27.9 Å². The van der Waals surface area contributed by atoms with Gasteiger partial charge in [-0.15, -0.1) is 0 Å². The molecule has 0 aliphatic carbocycles. The molecule has 1 fully saturated rings. The largest absolute Gasteiger partial charge is 0.383 e. The van der Waals surface area contributed by atoms with Gasteiger partial charge >= 0.3 is 0 Å². The number of fused-ring (bicyclic) bond motifs is 1. The molecule has 0 radical (unpaired) electrons. The molecule has 0 unspecified atom stereocenters. The summed E-state index contributed by atoms with van der Waals surface area (Å²) in [6, 6.07) is 12.8. The van der Waals surface area contributed by atoms with Gasteiger partial charge in [-0.3, -0.25) is 9.48 Å². The molecule has 9 heteroatoms. The van der Waals surface area contributed by atoms with Crippen molar-refractivity contribution in [1.29, 1.82) is 0 Å². The van der Waals surface area contributed by atoms with Crippen LogP contribution in [-0.4, -0.2) is 38.7 Å². The summed E-state index contributed by atoms with van der Waals surface area (Å²) in [7, 11) is 0. The Kier molecular flexibility index (Phi) is 5.46. The predicted molar refractivity (Wildman–Crippen MR) is 126 cm³/mol. The van der Waals surface area contributed by atoms with E-state index in [2.05, 4.69) is 20.6 Å². The number of nitrogens with zero attached hydrogens (tertiary/aromatic N) is 4. The average Bonchev–Trinajstić information content (AvgIpc) is 3.25. The highest BCUT2D eigenvalue weighted by Gasteiger charge is 2.24. The monoisotopic (exact) mass is 447 g/mol. The van der Waals surface area contributed by atoms with Crippen molar-refractivity contribution in [1.82, 2.24) is 25.1 Å². The van der Waals surface area contributed by atoms with Gasteiger partial charge in [-0.05, 0) is 43.7 Å². The number of pyridine rings is 2. The van der Waals surface area contributed by atoms with E-state index >= 15 is 0 Å². The SMILES string of the molecule is Nc1ncc(Cl)c2c1c(-c1ccc(C(=O)Nc3ccccn3)cc1)nn2[C@@H]1CCCNC1. The molecule has 8 nitrogen and oxygen atoms in total. The van der Waals surface area contributed by atoms with Gasteiger partial charge in [0.1, 0.15) is 17.3 Å². The number of rotatable bonds is 4. The van der Waals surface area contributed by atoms with Gasteiger partial charge in [0.2, 0.25) is 0 Å². The number of aromatic nitrogens is 4. The van der Waals surface area contributed by atoms with Gasteiger partial charge in [-0.25, -0.2) is 9.97 Å². The Hall–Kier alpha value is -3.49. The third-order valence-corrected chi connectivity index (χ3v) is 5.93. The molecular formula is C23H22ClN7O. The number of hydrogen-bond acceptors (Lipinski definition) is 6. The highest BCUT2D eigenvalue weighted by molar-refractivity contribution is 6.35. The number of hydrogen-bond donors (Lipinski definition) is 3. The molecule has 4 aromatic rings. The van der Waals surface area contributed by atoms with Gasteiger partial charge in [0.25, 0.3) is 5.91 Å². The first-order valence-electron chi connectivity index (χ1n) is 10.5. The van der Waals surface area contributed by atoms with E-state index in [9.17, 15) is 4.79 Å². The van der Waals surface area contributed by atoms with Gasteiger partial charge in [-0.1, -0.05) is 29.8 Å². The molecule has 162 valence electrons. The minimum absolute atomic E-state index is 0.183. The summed E-state index contributed by atoms with van der Waals surface area (Å²) in [5, 5.41) is 12.4. The molecule has 1 aliphatic rings. The van der Waals surface area contributed by atoms with Crippen LogP contribution >= 0.6 is 11.6 Å². The van der Waals surface area contributed by atoms with Crippen LogP contribution in [0.25, 0.3) is 22.2 Å². The predicted octanol–water partition coefficient (Wildman–Crippen LogP) is 3.91. The third-order valence-electron chi connectivity index (χ3n) is 5.65. The number of nitrogens with one attached hydrogen (secondary N) is 2. The zero-order valence-electron chi connectivity index (χ0n) is 17.3. The number of benzene rings is 1. The maximum absolute atomic E-state index is 12.6. The highest BCUT2D eigenvalue weighted by Crippen LogP contribution is 2.37. The standard InChI is InChI=1S/C23H22ClN7O/c24-17-13-28-22(25)19-20(30-31(21(17)19)16-4-3-10-26-12-16)14-6-8-15(9-7-14)23(32)29-18-5-1-2-11-27-18/h1-2,5-9,11,13,16,26H,3-4,10,12H2,(H2,25,28)(H,27,29,32)/t16-/m1/s1. The lowest BCUT2D eigenvalue weighted by Crippen LogP contribution is -2.32. The Morgan fingerprint density at radius 2 is 2.03 bits per heavy atom. The van der Waals surface area contributed by atoms with Crippen molar-refractivity contribution in [2.24, 2.45) is 0 Å². The first-order chi connectivity index (χ1) is 15.6.